The Hall–Kier alpha value is -0.620. The van der Waals surface area contributed by atoms with E-state index in [4.69, 9.17) is 5.73 Å². The van der Waals surface area contributed by atoms with Crippen LogP contribution < -0.4 is 10.5 Å². The largest absolute Gasteiger partial charge is 0.320 e. The molecule has 0 aromatic carbocycles. The van der Waals surface area contributed by atoms with Crippen LogP contribution in [0.5, 0.6) is 0 Å². The molecule has 0 aliphatic carbocycles. The number of nitrogens with one attached hydrogen (secondary N) is 1. The molecule has 0 bridgehead atoms. The van der Waals surface area contributed by atoms with Crippen LogP contribution >= 0.6 is 0 Å². The summed E-state index contributed by atoms with van der Waals surface area (Å²) in [7, 11) is -3.49. The highest BCUT2D eigenvalue weighted by Gasteiger charge is 2.21. The highest BCUT2D eigenvalue weighted by atomic mass is 32.2. The maximum absolute atomic E-state index is 11.3. The molecule has 0 aliphatic heterocycles. The third-order valence-corrected chi connectivity index (χ3v) is 3.21. The molecule has 0 saturated carbocycles. The van der Waals surface area contributed by atoms with Crippen LogP contribution in [0, 0.1) is 5.92 Å². The maximum atomic E-state index is 11.3. The third-order valence-electron chi connectivity index (χ3n) is 1.75. The molecule has 1 atom stereocenters. The summed E-state index contributed by atoms with van der Waals surface area (Å²) in [6.45, 7) is 5.25. The Balaban J connectivity index is 4.33. The number of amides is 1. The summed E-state index contributed by atoms with van der Waals surface area (Å²) in [5.74, 6) is -0.760. The van der Waals surface area contributed by atoms with Crippen molar-refractivity contribution in [3.63, 3.8) is 0 Å². The zero-order valence-electron chi connectivity index (χ0n) is 8.78. The summed E-state index contributed by atoms with van der Waals surface area (Å²) in [5.41, 5.74) is 5.49. The number of hydrogen-bond donors (Lipinski definition) is 2. The van der Waals surface area contributed by atoms with Gasteiger partial charge in [0.25, 0.3) is 5.91 Å². The quantitative estimate of drug-likeness (QED) is 0.675. The normalized spacial score (nSPS) is 14.1. The molecule has 0 aliphatic rings. The van der Waals surface area contributed by atoms with E-state index in [0.717, 1.165) is 0 Å². The zero-order valence-corrected chi connectivity index (χ0v) is 9.60. The summed E-state index contributed by atoms with van der Waals surface area (Å²) < 4.78 is 24.3. The first kappa shape index (κ1) is 13.4. The Morgan fingerprint density at radius 2 is 1.93 bits per heavy atom. The van der Waals surface area contributed by atoms with Gasteiger partial charge >= 0.3 is 0 Å². The fraction of sp³-hybridized carbons (Fsp3) is 0.875. The lowest BCUT2D eigenvalue weighted by molar-refractivity contribution is -0.121. The Morgan fingerprint density at radius 3 is 2.29 bits per heavy atom. The molecule has 0 spiro atoms. The third kappa shape index (κ3) is 4.57. The molecular weight excluding hydrogens is 204 g/mol. The number of carbonyl (C=O) groups excluding carboxylic acids is 1. The van der Waals surface area contributed by atoms with Crippen molar-refractivity contribution < 1.29 is 13.2 Å². The van der Waals surface area contributed by atoms with E-state index in [1.807, 2.05) is 4.72 Å². The topological polar surface area (TPSA) is 89.3 Å². The summed E-state index contributed by atoms with van der Waals surface area (Å²) in [5, 5.41) is 0. The summed E-state index contributed by atoms with van der Waals surface area (Å²) in [6.07, 6.45) is 0.472. The second-order valence-electron chi connectivity index (χ2n) is 3.55. The Morgan fingerprint density at radius 1 is 1.43 bits per heavy atom. The monoisotopic (exact) mass is 222 g/mol. The van der Waals surface area contributed by atoms with Crippen LogP contribution in [0.2, 0.25) is 0 Å². The first-order valence-electron chi connectivity index (χ1n) is 4.60. The van der Waals surface area contributed by atoms with Crippen molar-refractivity contribution in [3.8, 4) is 0 Å². The van der Waals surface area contributed by atoms with E-state index in [9.17, 15) is 13.2 Å². The average molecular weight is 222 g/mol. The standard InChI is InChI=1S/C8H18N2O3S/c1-4-5-14(12,13)10-8(11)7(9)6(2)3/h6-7H,4-5,9H2,1-3H3,(H,10,11)/t7-/m0/s1. The number of sulfonamides is 1. The van der Waals surface area contributed by atoms with Crippen molar-refractivity contribution in [2.24, 2.45) is 11.7 Å². The molecule has 1 amide bonds. The van der Waals surface area contributed by atoms with Crippen LogP contribution in [0.25, 0.3) is 0 Å². The van der Waals surface area contributed by atoms with E-state index in [0.29, 0.717) is 6.42 Å². The van der Waals surface area contributed by atoms with Crippen molar-refractivity contribution in [2.75, 3.05) is 5.75 Å². The number of hydrogen-bond acceptors (Lipinski definition) is 4. The molecule has 84 valence electrons. The van der Waals surface area contributed by atoms with Gasteiger partial charge in [0.2, 0.25) is 10.0 Å². The van der Waals surface area contributed by atoms with E-state index in [2.05, 4.69) is 0 Å². The summed E-state index contributed by atoms with van der Waals surface area (Å²) in [6, 6.07) is -0.776. The summed E-state index contributed by atoms with van der Waals surface area (Å²) >= 11 is 0. The van der Waals surface area contributed by atoms with Gasteiger partial charge in [0, 0.05) is 0 Å². The minimum absolute atomic E-state index is 0.0520. The van der Waals surface area contributed by atoms with Crippen molar-refractivity contribution in [1.82, 2.24) is 4.72 Å². The highest BCUT2D eigenvalue weighted by Crippen LogP contribution is 1.99. The molecule has 0 saturated heterocycles. The fourth-order valence-electron chi connectivity index (χ4n) is 0.844. The molecule has 0 radical (unpaired) electrons. The highest BCUT2D eigenvalue weighted by molar-refractivity contribution is 7.90. The Bertz CT molecular complexity index is 285. The molecule has 14 heavy (non-hydrogen) atoms. The smallest absolute Gasteiger partial charge is 0.250 e. The lowest BCUT2D eigenvalue weighted by atomic mass is 10.1. The van der Waals surface area contributed by atoms with E-state index >= 15 is 0 Å². The number of nitrogens with two attached hydrogens (primary N) is 1. The molecule has 0 unspecified atom stereocenters. The predicted molar refractivity (Wildman–Crippen MR) is 55.0 cm³/mol. The lowest BCUT2D eigenvalue weighted by Crippen LogP contribution is -2.46. The molecule has 3 N–H and O–H groups in total. The van der Waals surface area contributed by atoms with Gasteiger partial charge in [-0.25, -0.2) is 8.42 Å². The number of carbonyl (C=O) groups is 1. The van der Waals surface area contributed by atoms with E-state index < -0.39 is 22.0 Å². The van der Waals surface area contributed by atoms with Gasteiger partial charge in [-0.3, -0.25) is 9.52 Å². The van der Waals surface area contributed by atoms with Gasteiger partial charge in [-0.1, -0.05) is 20.8 Å². The molecule has 0 aromatic rings. The van der Waals surface area contributed by atoms with Crippen molar-refractivity contribution >= 4 is 15.9 Å². The van der Waals surface area contributed by atoms with Crippen LogP contribution in [-0.2, 0) is 14.8 Å². The van der Waals surface area contributed by atoms with Crippen LogP contribution in [0.3, 0.4) is 0 Å². The van der Waals surface area contributed by atoms with Gasteiger partial charge in [0.15, 0.2) is 0 Å². The second-order valence-corrected chi connectivity index (χ2v) is 5.40. The minimum atomic E-state index is -3.49. The van der Waals surface area contributed by atoms with Crippen molar-refractivity contribution in [3.05, 3.63) is 0 Å². The van der Waals surface area contributed by atoms with Gasteiger partial charge in [-0.05, 0) is 12.3 Å². The van der Waals surface area contributed by atoms with Crippen LogP contribution in [0.15, 0.2) is 0 Å². The van der Waals surface area contributed by atoms with Gasteiger partial charge < -0.3 is 5.73 Å². The maximum Gasteiger partial charge on any atom is 0.250 e. The molecule has 6 heteroatoms. The second kappa shape index (κ2) is 5.31. The first-order chi connectivity index (χ1) is 6.30. The zero-order chi connectivity index (χ0) is 11.4. The first-order valence-corrected chi connectivity index (χ1v) is 6.25. The van der Waals surface area contributed by atoms with Gasteiger partial charge in [-0.15, -0.1) is 0 Å². The minimum Gasteiger partial charge on any atom is -0.320 e. The van der Waals surface area contributed by atoms with Gasteiger partial charge in [-0.2, -0.15) is 0 Å². The van der Waals surface area contributed by atoms with Crippen LogP contribution in [0.1, 0.15) is 27.2 Å². The van der Waals surface area contributed by atoms with Crippen molar-refractivity contribution in [2.45, 2.75) is 33.2 Å². The van der Waals surface area contributed by atoms with Crippen molar-refractivity contribution in [1.29, 1.82) is 0 Å². The van der Waals surface area contributed by atoms with Gasteiger partial charge in [0.05, 0.1) is 11.8 Å². The van der Waals surface area contributed by atoms with E-state index in [1.54, 1.807) is 20.8 Å². The van der Waals surface area contributed by atoms with Crippen LogP contribution in [0.4, 0.5) is 0 Å². The molecular formula is C8H18N2O3S. The molecule has 0 heterocycles. The van der Waals surface area contributed by atoms with E-state index in [1.165, 1.54) is 0 Å². The number of rotatable bonds is 5. The van der Waals surface area contributed by atoms with Gasteiger partial charge in [0.1, 0.15) is 0 Å². The molecule has 0 rings (SSSR count). The molecule has 5 nitrogen and oxygen atoms in total. The summed E-state index contributed by atoms with van der Waals surface area (Å²) in [4.78, 5) is 11.3. The predicted octanol–water partition coefficient (Wildman–Crippen LogP) is -0.174. The Kier molecular flexibility index (Phi) is 5.07. The van der Waals surface area contributed by atoms with Crippen LogP contribution in [-0.4, -0.2) is 26.1 Å². The fourth-order valence-corrected chi connectivity index (χ4v) is 1.93. The average Bonchev–Trinajstić information content (AvgIpc) is 2.01. The Labute approximate surface area is 85.1 Å². The molecule has 0 fully saturated rings. The lowest BCUT2D eigenvalue weighted by Gasteiger charge is -2.14. The molecule has 0 aromatic heterocycles. The SMILES string of the molecule is CCCS(=O)(=O)NC(=O)[C@@H](N)C(C)C. The van der Waals surface area contributed by atoms with E-state index in [-0.39, 0.29) is 11.7 Å².